The molecular formula is C19H20F6N4O6S. The summed E-state index contributed by atoms with van der Waals surface area (Å²) in [7, 11) is 0. The predicted octanol–water partition coefficient (Wildman–Crippen LogP) is 3.32. The molecule has 36 heavy (non-hydrogen) atoms. The lowest BCUT2D eigenvalue weighted by Crippen LogP contribution is -2.42. The van der Waals surface area contributed by atoms with Gasteiger partial charge in [0.1, 0.15) is 17.2 Å². The summed E-state index contributed by atoms with van der Waals surface area (Å²) >= 11 is 1.63. The Bertz CT molecular complexity index is 982. The van der Waals surface area contributed by atoms with Crippen LogP contribution in [0.3, 0.4) is 0 Å². The Morgan fingerprint density at radius 2 is 1.72 bits per heavy atom. The van der Waals surface area contributed by atoms with Crippen LogP contribution in [0.1, 0.15) is 17.8 Å². The maximum absolute atomic E-state index is 10.6. The van der Waals surface area contributed by atoms with E-state index in [9.17, 15) is 26.3 Å². The normalized spacial score (nSPS) is 21.3. The molecule has 0 saturated carbocycles. The van der Waals surface area contributed by atoms with E-state index in [4.69, 9.17) is 29.3 Å². The first-order valence-electron chi connectivity index (χ1n) is 10.1. The number of ether oxygens (including phenoxy) is 2. The van der Waals surface area contributed by atoms with Crippen molar-refractivity contribution in [3.8, 4) is 5.88 Å². The molecule has 0 unspecified atom stereocenters. The zero-order valence-corrected chi connectivity index (χ0v) is 19.2. The van der Waals surface area contributed by atoms with Crippen LogP contribution in [-0.4, -0.2) is 81.1 Å². The fourth-order valence-electron chi connectivity index (χ4n) is 3.21. The summed E-state index contributed by atoms with van der Waals surface area (Å²) in [6, 6.07) is 6.02. The molecule has 0 aliphatic carbocycles. The lowest BCUT2D eigenvalue weighted by molar-refractivity contribution is -0.193. The molecule has 2 aliphatic heterocycles. The second-order valence-electron chi connectivity index (χ2n) is 7.23. The third-order valence-electron chi connectivity index (χ3n) is 4.63. The number of anilines is 1. The number of alkyl halides is 6. The van der Waals surface area contributed by atoms with E-state index in [0.717, 1.165) is 36.1 Å². The van der Waals surface area contributed by atoms with Gasteiger partial charge in [0.15, 0.2) is 0 Å². The minimum absolute atomic E-state index is 0.0237. The number of carboxylic acid groups (broad SMARTS) is 2. The van der Waals surface area contributed by atoms with Gasteiger partial charge in [-0.05, 0) is 25.8 Å². The van der Waals surface area contributed by atoms with Crippen LogP contribution in [0, 0.1) is 6.92 Å². The molecule has 17 heteroatoms. The second-order valence-corrected chi connectivity index (χ2v) is 8.39. The molecule has 2 N–H and O–H groups in total. The van der Waals surface area contributed by atoms with E-state index in [0.29, 0.717) is 11.9 Å². The van der Waals surface area contributed by atoms with Crippen molar-refractivity contribution in [2.75, 3.05) is 18.1 Å². The molecule has 2 aromatic rings. The van der Waals surface area contributed by atoms with E-state index >= 15 is 0 Å². The summed E-state index contributed by atoms with van der Waals surface area (Å²) in [6.07, 6.45) is -6.20. The SMILES string of the molecule is Cc1nnc(N2C[C@@H](Oc3ccccn3)[C@H]3OCCC[C@H]32)s1.O=C(O)C(F)(F)F.O=C(O)C(F)(F)F. The molecule has 0 amide bonds. The number of fused-ring (bicyclic) bond motifs is 1. The van der Waals surface area contributed by atoms with Gasteiger partial charge in [0.25, 0.3) is 0 Å². The number of aliphatic carboxylic acids is 2. The molecule has 0 aromatic carbocycles. The number of rotatable bonds is 3. The highest BCUT2D eigenvalue weighted by molar-refractivity contribution is 7.15. The average molecular weight is 546 g/mol. The molecule has 0 bridgehead atoms. The number of carbonyl (C=O) groups is 2. The monoisotopic (exact) mass is 546 g/mol. The van der Waals surface area contributed by atoms with Crippen molar-refractivity contribution in [2.24, 2.45) is 0 Å². The summed E-state index contributed by atoms with van der Waals surface area (Å²) < 4.78 is 75.6. The molecule has 3 atom stereocenters. The van der Waals surface area contributed by atoms with Crippen LogP contribution in [0.15, 0.2) is 24.4 Å². The highest BCUT2D eigenvalue weighted by atomic mass is 32.1. The highest BCUT2D eigenvalue weighted by Gasteiger charge is 2.46. The lowest BCUT2D eigenvalue weighted by Gasteiger charge is -2.31. The Morgan fingerprint density at radius 3 is 2.19 bits per heavy atom. The summed E-state index contributed by atoms with van der Waals surface area (Å²) in [5.74, 6) is -4.87. The standard InChI is InChI=1S/C15H18N4O2S.2C2HF3O2/c1-10-17-18-15(22-10)19-9-12(14-11(19)5-4-8-20-14)21-13-6-2-3-7-16-13;2*3-2(4,5)1(6)7/h2-3,6-7,11-12,14H,4-5,8-9H2,1H3;2*(H,6,7)/t11-,12-,14+;;/m1../s1. The molecule has 2 saturated heterocycles. The average Bonchev–Trinajstić information content (AvgIpc) is 3.38. The number of pyridine rings is 1. The summed E-state index contributed by atoms with van der Waals surface area (Å²) in [6.45, 7) is 3.54. The van der Waals surface area contributed by atoms with Crippen LogP contribution in [0.5, 0.6) is 5.88 Å². The third kappa shape index (κ3) is 8.47. The Hall–Kier alpha value is -3.21. The van der Waals surface area contributed by atoms with Gasteiger partial charge in [-0.25, -0.2) is 14.6 Å². The maximum atomic E-state index is 10.6. The molecule has 0 spiro atoms. The maximum Gasteiger partial charge on any atom is 0.490 e. The van der Waals surface area contributed by atoms with Gasteiger partial charge in [-0.2, -0.15) is 26.3 Å². The van der Waals surface area contributed by atoms with Crippen molar-refractivity contribution >= 4 is 28.4 Å². The first-order valence-corrected chi connectivity index (χ1v) is 10.9. The fraction of sp³-hybridized carbons (Fsp3) is 0.526. The van der Waals surface area contributed by atoms with Crippen molar-refractivity contribution in [1.82, 2.24) is 15.2 Å². The minimum Gasteiger partial charge on any atom is -0.475 e. The van der Waals surface area contributed by atoms with E-state index in [1.54, 1.807) is 17.5 Å². The smallest absolute Gasteiger partial charge is 0.475 e. The van der Waals surface area contributed by atoms with Crippen LogP contribution in [-0.2, 0) is 14.3 Å². The minimum atomic E-state index is -5.08. The van der Waals surface area contributed by atoms with Gasteiger partial charge >= 0.3 is 24.3 Å². The van der Waals surface area contributed by atoms with Crippen LogP contribution in [0.2, 0.25) is 0 Å². The molecule has 2 aliphatic rings. The number of halogens is 6. The molecular weight excluding hydrogens is 526 g/mol. The summed E-state index contributed by atoms with van der Waals surface area (Å²) in [5, 5.41) is 24.6. The van der Waals surface area contributed by atoms with Gasteiger partial charge in [-0.15, -0.1) is 10.2 Å². The van der Waals surface area contributed by atoms with E-state index in [1.807, 2.05) is 25.1 Å². The Balaban J connectivity index is 0.000000271. The number of carboxylic acids is 2. The topological polar surface area (TPSA) is 135 Å². The van der Waals surface area contributed by atoms with Crippen molar-refractivity contribution < 1.29 is 55.6 Å². The quantitative estimate of drug-likeness (QED) is 0.552. The van der Waals surface area contributed by atoms with E-state index in [2.05, 4.69) is 20.1 Å². The lowest BCUT2D eigenvalue weighted by atomic mass is 10.0. The zero-order chi connectivity index (χ0) is 27.1. The van der Waals surface area contributed by atoms with Crippen LogP contribution < -0.4 is 9.64 Å². The number of hydrogen-bond acceptors (Lipinski definition) is 9. The Morgan fingerprint density at radius 1 is 1.11 bits per heavy atom. The van der Waals surface area contributed by atoms with Gasteiger partial charge in [-0.3, -0.25) is 0 Å². The van der Waals surface area contributed by atoms with Crippen LogP contribution in [0.4, 0.5) is 31.5 Å². The largest absolute Gasteiger partial charge is 0.490 e. The molecule has 2 fully saturated rings. The number of aromatic nitrogens is 3. The second kappa shape index (κ2) is 12.2. The zero-order valence-electron chi connectivity index (χ0n) is 18.4. The van der Waals surface area contributed by atoms with Crippen LogP contribution in [0.25, 0.3) is 0 Å². The van der Waals surface area contributed by atoms with Crippen molar-refractivity contribution in [1.29, 1.82) is 0 Å². The van der Waals surface area contributed by atoms with E-state index < -0.39 is 24.3 Å². The van der Waals surface area contributed by atoms with Crippen molar-refractivity contribution in [2.45, 2.75) is 50.4 Å². The van der Waals surface area contributed by atoms with E-state index in [1.165, 1.54) is 0 Å². The summed E-state index contributed by atoms with van der Waals surface area (Å²) in [5.41, 5.74) is 0. The van der Waals surface area contributed by atoms with Crippen molar-refractivity contribution in [3.05, 3.63) is 29.4 Å². The Kier molecular flexibility index (Phi) is 9.80. The molecule has 4 rings (SSSR count). The van der Waals surface area contributed by atoms with Crippen LogP contribution >= 0.6 is 11.3 Å². The number of aryl methyl sites for hydroxylation is 1. The molecule has 2 aromatic heterocycles. The van der Waals surface area contributed by atoms with E-state index in [-0.39, 0.29) is 12.2 Å². The molecule has 0 radical (unpaired) electrons. The highest BCUT2D eigenvalue weighted by Crippen LogP contribution is 2.35. The van der Waals surface area contributed by atoms with Gasteiger partial charge < -0.3 is 24.6 Å². The molecule has 10 nitrogen and oxygen atoms in total. The van der Waals surface area contributed by atoms with Gasteiger partial charge in [0.2, 0.25) is 11.0 Å². The van der Waals surface area contributed by atoms with Gasteiger partial charge in [0, 0.05) is 18.9 Å². The van der Waals surface area contributed by atoms with Crippen molar-refractivity contribution in [3.63, 3.8) is 0 Å². The molecule has 200 valence electrons. The predicted molar refractivity (Wildman–Crippen MR) is 111 cm³/mol. The van der Waals surface area contributed by atoms with Gasteiger partial charge in [-0.1, -0.05) is 17.4 Å². The number of nitrogens with zero attached hydrogens (tertiary/aromatic N) is 4. The first-order chi connectivity index (χ1) is 16.7. The molecule has 4 heterocycles. The summed E-state index contributed by atoms with van der Waals surface area (Å²) in [4.78, 5) is 24.3. The first kappa shape index (κ1) is 29.0. The van der Waals surface area contributed by atoms with Gasteiger partial charge in [0.05, 0.1) is 12.6 Å². The fourth-order valence-corrected chi connectivity index (χ4v) is 3.96. The number of hydrogen-bond donors (Lipinski definition) is 2. The Labute approximate surface area is 203 Å². The third-order valence-corrected chi connectivity index (χ3v) is 5.51.